The zero-order valence-electron chi connectivity index (χ0n) is 10.9. The summed E-state index contributed by atoms with van der Waals surface area (Å²) >= 11 is 0. The predicted molar refractivity (Wildman–Crippen MR) is 70.8 cm³/mol. The average Bonchev–Trinajstić information content (AvgIpc) is 2.31. The Morgan fingerprint density at radius 3 is 1.71 bits per heavy atom. The van der Waals surface area contributed by atoms with E-state index < -0.39 is 8.80 Å². The van der Waals surface area contributed by atoms with Crippen LogP contribution < -0.4 is 0 Å². The lowest BCUT2D eigenvalue weighted by Gasteiger charge is -2.28. The second kappa shape index (κ2) is 7.61. The molecule has 0 saturated carbocycles. The van der Waals surface area contributed by atoms with Gasteiger partial charge in [-0.3, -0.25) is 0 Å². The van der Waals surface area contributed by atoms with Crippen molar-refractivity contribution in [3.05, 3.63) is 35.9 Å². The van der Waals surface area contributed by atoms with Gasteiger partial charge in [0.2, 0.25) is 0 Å². The van der Waals surface area contributed by atoms with Gasteiger partial charge in [-0.15, -0.1) is 0 Å². The molecular weight excluding hydrogens is 232 g/mol. The first-order chi connectivity index (χ1) is 8.26. The summed E-state index contributed by atoms with van der Waals surface area (Å²) < 4.78 is 17.4. The van der Waals surface area contributed by atoms with Crippen molar-refractivity contribution in [2.24, 2.45) is 0 Å². The molecule has 0 bridgehead atoms. The molecule has 0 aliphatic carbocycles. The van der Waals surface area contributed by atoms with Crippen LogP contribution in [0.2, 0.25) is 0 Å². The van der Waals surface area contributed by atoms with Crippen molar-refractivity contribution in [3.63, 3.8) is 0 Å². The molecule has 0 N–H and O–H groups in total. The molecule has 17 heavy (non-hydrogen) atoms. The molecule has 4 heteroatoms. The maximum absolute atomic E-state index is 5.81. The van der Waals surface area contributed by atoms with E-state index in [1.165, 1.54) is 5.56 Å². The topological polar surface area (TPSA) is 27.7 Å². The van der Waals surface area contributed by atoms with Crippen LogP contribution in [0, 0.1) is 0 Å². The Kier molecular flexibility index (Phi) is 6.43. The number of hydrogen-bond acceptors (Lipinski definition) is 3. The Morgan fingerprint density at radius 2 is 1.29 bits per heavy atom. The minimum absolute atomic E-state index is 0.624. The van der Waals surface area contributed by atoms with Gasteiger partial charge in [-0.2, -0.15) is 0 Å². The van der Waals surface area contributed by atoms with Gasteiger partial charge in [0.1, 0.15) is 0 Å². The molecule has 0 atom stereocenters. The van der Waals surface area contributed by atoms with Gasteiger partial charge >= 0.3 is 8.80 Å². The molecule has 0 fully saturated rings. The minimum Gasteiger partial charge on any atom is -0.374 e. The Bertz CT molecular complexity index is 286. The molecule has 0 unspecified atom stereocenters. The summed E-state index contributed by atoms with van der Waals surface area (Å²) in [6.45, 7) is 7.80. The van der Waals surface area contributed by atoms with Gasteiger partial charge in [0.15, 0.2) is 0 Å². The lowest BCUT2D eigenvalue weighted by molar-refractivity contribution is 0.0704. The summed E-state index contributed by atoms with van der Waals surface area (Å²) in [6, 6.07) is 11.0. The van der Waals surface area contributed by atoms with Crippen LogP contribution in [0.4, 0.5) is 0 Å². The molecule has 0 saturated heterocycles. The third-order valence-corrected chi connectivity index (χ3v) is 5.38. The van der Waals surface area contributed by atoms with Crippen LogP contribution >= 0.6 is 0 Å². The highest BCUT2D eigenvalue weighted by Crippen LogP contribution is 2.16. The van der Waals surface area contributed by atoms with E-state index in [1.54, 1.807) is 0 Å². The van der Waals surface area contributed by atoms with Gasteiger partial charge in [0.05, 0.1) is 0 Å². The van der Waals surface area contributed by atoms with Crippen LogP contribution in [0.1, 0.15) is 26.3 Å². The quantitative estimate of drug-likeness (QED) is 0.668. The van der Waals surface area contributed by atoms with Crippen molar-refractivity contribution < 1.29 is 13.3 Å². The maximum atomic E-state index is 5.81. The van der Waals surface area contributed by atoms with Gasteiger partial charge in [0, 0.05) is 25.9 Å². The third kappa shape index (κ3) is 4.59. The van der Waals surface area contributed by atoms with Crippen molar-refractivity contribution in [2.45, 2.75) is 26.8 Å². The second-order valence-corrected chi connectivity index (χ2v) is 6.23. The van der Waals surface area contributed by atoms with Crippen LogP contribution in [0.15, 0.2) is 30.3 Å². The van der Waals surface area contributed by atoms with E-state index in [4.69, 9.17) is 13.3 Å². The summed E-state index contributed by atoms with van der Waals surface area (Å²) in [5.74, 6) is 0. The summed E-state index contributed by atoms with van der Waals surface area (Å²) in [4.78, 5) is 0. The zero-order valence-corrected chi connectivity index (χ0v) is 11.9. The SMILES string of the molecule is CCO[Si](Cc1ccccc1)(OCC)OCC. The van der Waals surface area contributed by atoms with Gasteiger partial charge in [-0.05, 0) is 26.3 Å². The normalized spacial score (nSPS) is 11.7. The molecule has 0 spiro atoms. The van der Waals surface area contributed by atoms with Crippen LogP contribution in [-0.2, 0) is 19.3 Å². The molecule has 0 heterocycles. The fourth-order valence-electron chi connectivity index (χ4n) is 1.78. The van der Waals surface area contributed by atoms with Crippen LogP contribution in [0.5, 0.6) is 0 Å². The van der Waals surface area contributed by atoms with E-state index in [9.17, 15) is 0 Å². The van der Waals surface area contributed by atoms with Crippen molar-refractivity contribution in [2.75, 3.05) is 19.8 Å². The van der Waals surface area contributed by atoms with Gasteiger partial charge in [-0.1, -0.05) is 30.3 Å². The third-order valence-electron chi connectivity index (χ3n) is 2.36. The van der Waals surface area contributed by atoms with Crippen molar-refractivity contribution in [3.8, 4) is 0 Å². The summed E-state index contributed by atoms with van der Waals surface area (Å²) in [7, 11) is -2.54. The second-order valence-electron chi connectivity index (χ2n) is 3.64. The molecule has 1 aromatic carbocycles. The Labute approximate surface area is 105 Å². The van der Waals surface area contributed by atoms with E-state index in [2.05, 4.69) is 12.1 Å². The first-order valence-corrected chi connectivity index (χ1v) is 8.15. The number of benzene rings is 1. The highest BCUT2D eigenvalue weighted by molar-refractivity contribution is 6.60. The number of hydrogen-bond donors (Lipinski definition) is 0. The van der Waals surface area contributed by atoms with Crippen molar-refractivity contribution >= 4 is 8.80 Å². The average molecular weight is 254 g/mol. The van der Waals surface area contributed by atoms with Gasteiger partial charge in [0.25, 0.3) is 0 Å². The molecule has 1 rings (SSSR count). The smallest absolute Gasteiger partial charge is 0.374 e. The molecule has 0 aliphatic heterocycles. The van der Waals surface area contributed by atoms with E-state index in [0.29, 0.717) is 19.8 Å². The molecular formula is C13H22O3Si. The number of rotatable bonds is 8. The molecule has 0 aromatic heterocycles. The molecule has 0 radical (unpaired) electrons. The maximum Gasteiger partial charge on any atom is 0.505 e. The minimum atomic E-state index is -2.54. The molecule has 1 aromatic rings. The summed E-state index contributed by atoms with van der Waals surface area (Å²) in [5.41, 5.74) is 1.20. The van der Waals surface area contributed by atoms with E-state index in [1.807, 2.05) is 39.0 Å². The van der Waals surface area contributed by atoms with Crippen molar-refractivity contribution in [1.29, 1.82) is 0 Å². The zero-order chi connectivity index (χ0) is 12.6. The predicted octanol–water partition coefficient (Wildman–Crippen LogP) is 2.82. The Balaban J connectivity index is 2.80. The largest absolute Gasteiger partial charge is 0.505 e. The lowest BCUT2D eigenvalue weighted by Crippen LogP contribution is -2.48. The molecule has 96 valence electrons. The van der Waals surface area contributed by atoms with E-state index in [0.717, 1.165) is 6.04 Å². The van der Waals surface area contributed by atoms with Gasteiger partial charge in [-0.25, -0.2) is 0 Å². The van der Waals surface area contributed by atoms with Gasteiger partial charge < -0.3 is 13.3 Å². The Morgan fingerprint density at radius 1 is 0.824 bits per heavy atom. The fourth-order valence-corrected chi connectivity index (χ4v) is 4.40. The molecule has 0 amide bonds. The summed E-state index contributed by atoms with van der Waals surface area (Å²) in [6.07, 6.45) is 0. The van der Waals surface area contributed by atoms with E-state index in [-0.39, 0.29) is 0 Å². The highest BCUT2D eigenvalue weighted by Gasteiger charge is 2.40. The van der Waals surface area contributed by atoms with E-state index >= 15 is 0 Å². The van der Waals surface area contributed by atoms with Crippen molar-refractivity contribution in [1.82, 2.24) is 0 Å². The lowest BCUT2D eigenvalue weighted by atomic mass is 10.2. The Hall–Kier alpha value is -0.683. The van der Waals surface area contributed by atoms with Crippen LogP contribution in [0.25, 0.3) is 0 Å². The highest BCUT2D eigenvalue weighted by atomic mass is 28.4. The van der Waals surface area contributed by atoms with Crippen LogP contribution in [0.3, 0.4) is 0 Å². The first kappa shape index (κ1) is 14.4. The fraction of sp³-hybridized carbons (Fsp3) is 0.538. The first-order valence-electron chi connectivity index (χ1n) is 6.22. The summed E-state index contributed by atoms with van der Waals surface area (Å²) in [5, 5.41) is 0. The monoisotopic (exact) mass is 254 g/mol. The standard InChI is InChI=1S/C13H22O3Si/c1-4-14-17(15-5-2,16-6-3)12-13-10-8-7-9-11-13/h7-11H,4-6,12H2,1-3H3. The van der Waals surface area contributed by atoms with Crippen LogP contribution in [-0.4, -0.2) is 28.6 Å². The molecule has 0 aliphatic rings. The molecule has 3 nitrogen and oxygen atoms in total.